The topological polar surface area (TPSA) is 70.0 Å². The number of hydrogen-bond acceptors (Lipinski definition) is 5. The van der Waals surface area contributed by atoms with Crippen molar-refractivity contribution in [3.8, 4) is 22.6 Å². The summed E-state index contributed by atoms with van der Waals surface area (Å²) in [6.07, 6.45) is 1.97. The van der Waals surface area contributed by atoms with Crippen molar-refractivity contribution in [3.05, 3.63) is 41.0 Å². The lowest BCUT2D eigenvalue weighted by Gasteiger charge is -2.40. The number of phenols is 1. The van der Waals surface area contributed by atoms with Gasteiger partial charge in [0.1, 0.15) is 0 Å². The zero-order valence-electron chi connectivity index (χ0n) is 15.9. The van der Waals surface area contributed by atoms with Gasteiger partial charge in [0.25, 0.3) is 0 Å². The SMILES string of the molecule is COc1ccc2c(c1O)-c1cc(SCCC(=O)O)cc3c1[C@@H](C2)N(C)CC3.Cl. The Balaban J connectivity index is 0.00000225. The van der Waals surface area contributed by atoms with Gasteiger partial charge in [-0.05, 0) is 60.3 Å². The highest BCUT2D eigenvalue weighted by atomic mass is 35.5. The molecule has 2 N–H and O–H groups in total. The van der Waals surface area contributed by atoms with Crippen LogP contribution in [0.5, 0.6) is 11.5 Å². The molecule has 2 aromatic rings. The number of aromatic hydroxyl groups is 1. The van der Waals surface area contributed by atoms with Crippen LogP contribution in [-0.2, 0) is 17.6 Å². The van der Waals surface area contributed by atoms with Crippen LogP contribution in [0, 0.1) is 0 Å². The summed E-state index contributed by atoms with van der Waals surface area (Å²) in [5.41, 5.74) is 5.64. The van der Waals surface area contributed by atoms with Crippen molar-refractivity contribution in [3.63, 3.8) is 0 Å². The van der Waals surface area contributed by atoms with Crippen LogP contribution in [-0.4, -0.2) is 47.5 Å². The van der Waals surface area contributed by atoms with Gasteiger partial charge in [0.15, 0.2) is 11.5 Å². The molecule has 0 aromatic heterocycles. The smallest absolute Gasteiger partial charge is 0.304 e. The zero-order chi connectivity index (χ0) is 19.1. The third-order valence-corrected chi connectivity index (χ3v) is 6.53. The number of carbonyl (C=O) groups is 1. The molecule has 2 aliphatic rings. The monoisotopic (exact) mass is 421 g/mol. The third-order valence-electron chi connectivity index (χ3n) is 5.55. The first kappa shape index (κ1) is 20.8. The van der Waals surface area contributed by atoms with Gasteiger partial charge < -0.3 is 14.9 Å². The second kappa shape index (κ2) is 8.23. The van der Waals surface area contributed by atoms with Crippen LogP contribution in [0.2, 0.25) is 0 Å². The number of phenolic OH excluding ortho intramolecular Hbond substituents is 1. The first-order valence-corrected chi connectivity index (χ1v) is 10.1. The molecule has 5 nitrogen and oxygen atoms in total. The molecule has 1 aliphatic carbocycles. The van der Waals surface area contributed by atoms with Crippen LogP contribution >= 0.6 is 24.2 Å². The maximum atomic E-state index is 10.8. The lowest BCUT2D eigenvalue weighted by Crippen LogP contribution is -2.35. The Labute approximate surface area is 175 Å². The molecular weight excluding hydrogens is 398 g/mol. The van der Waals surface area contributed by atoms with E-state index in [1.807, 2.05) is 12.1 Å². The molecule has 4 rings (SSSR count). The first-order valence-electron chi connectivity index (χ1n) is 9.10. The molecule has 0 spiro atoms. The summed E-state index contributed by atoms with van der Waals surface area (Å²) in [7, 11) is 3.72. The number of nitrogens with zero attached hydrogens (tertiary/aromatic N) is 1. The highest BCUT2D eigenvalue weighted by Crippen LogP contribution is 2.51. The fraction of sp³-hybridized carbons (Fsp3) is 0.381. The van der Waals surface area contributed by atoms with Crippen molar-refractivity contribution < 1.29 is 19.7 Å². The van der Waals surface area contributed by atoms with Gasteiger partial charge in [-0.3, -0.25) is 9.69 Å². The van der Waals surface area contributed by atoms with Crippen LogP contribution in [0.4, 0.5) is 0 Å². The minimum atomic E-state index is -0.781. The largest absolute Gasteiger partial charge is 0.504 e. The summed E-state index contributed by atoms with van der Waals surface area (Å²) >= 11 is 1.56. The van der Waals surface area contributed by atoms with Crippen molar-refractivity contribution in [1.82, 2.24) is 4.90 Å². The molecule has 1 heterocycles. The van der Waals surface area contributed by atoms with E-state index in [9.17, 15) is 9.90 Å². The van der Waals surface area contributed by atoms with Crippen LogP contribution < -0.4 is 4.74 Å². The van der Waals surface area contributed by atoms with Crippen LogP contribution in [0.1, 0.15) is 29.2 Å². The van der Waals surface area contributed by atoms with Gasteiger partial charge in [-0.1, -0.05) is 6.07 Å². The van der Waals surface area contributed by atoms with Crippen molar-refractivity contribution in [2.75, 3.05) is 26.5 Å². The normalized spacial score (nSPS) is 17.3. The highest BCUT2D eigenvalue weighted by molar-refractivity contribution is 7.99. The molecule has 0 unspecified atom stereocenters. The molecule has 0 saturated heterocycles. The average Bonchev–Trinajstić information content (AvgIpc) is 2.64. The molecule has 1 atom stereocenters. The Kier molecular flexibility index (Phi) is 6.12. The summed E-state index contributed by atoms with van der Waals surface area (Å²) in [6, 6.07) is 8.49. The second-order valence-corrected chi connectivity index (χ2v) is 8.31. The molecule has 150 valence electrons. The van der Waals surface area contributed by atoms with Gasteiger partial charge in [-0.15, -0.1) is 24.2 Å². The maximum absolute atomic E-state index is 10.8. The standard InChI is InChI=1S/C21H23NO4S.ClH/c1-22-7-5-13-9-14(27-8-6-18(23)24)11-15-19(13)16(22)10-12-3-4-17(26-2)21(25)20(12)15;/h3-4,9,11,16,25H,5-8,10H2,1-2H3,(H,23,24);1H/t16-;/m1./s1. The predicted molar refractivity (Wildman–Crippen MR) is 113 cm³/mol. The molecule has 0 radical (unpaired) electrons. The average molecular weight is 422 g/mol. The second-order valence-electron chi connectivity index (χ2n) is 7.14. The van der Waals surface area contributed by atoms with Gasteiger partial charge in [0, 0.05) is 28.8 Å². The molecule has 7 heteroatoms. The van der Waals surface area contributed by atoms with Crippen molar-refractivity contribution in [2.45, 2.75) is 30.2 Å². The van der Waals surface area contributed by atoms with Crippen molar-refractivity contribution in [1.29, 1.82) is 0 Å². The molecule has 0 amide bonds. The minimum Gasteiger partial charge on any atom is -0.504 e. The fourth-order valence-electron chi connectivity index (χ4n) is 4.22. The Hall–Kier alpha value is -1.89. The van der Waals surface area contributed by atoms with Gasteiger partial charge in [0.2, 0.25) is 0 Å². The summed E-state index contributed by atoms with van der Waals surface area (Å²) in [5.74, 6) is 0.426. The van der Waals surface area contributed by atoms with E-state index in [-0.39, 0.29) is 24.6 Å². The van der Waals surface area contributed by atoms with E-state index in [0.717, 1.165) is 41.0 Å². The quantitative estimate of drug-likeness (QED) is 0.707. The molecule has 2 aromatic carbocycles. The number of carboxylic acids is 1. The summed E-state index contributed by atoms with van der Waals surface area (Å²) in [5, 5.41) is 19.7. The summed E-state index contributed by atoms with van der Waals surface area (Å²) in [6.45, 7) is 0.998. The van der Waals surface area contributed by atoms with E-state index in [1.54, 1.807) is 18.9 Å². The van der Waals surface area contributed by atoms with Crippen LogP contribution in [0.15, 0.2) is 29.2 Å². The van der Waals surface area contributed by atoms with Gasteiger partial charge in [-0.25, -0.2) is 0 Å². The maximum Gasteiger partial charge on any atom is 0.304 e. The number of methoxy groups -OCH3 is 1. The Morgan fingerprint density at radius 2 is 2.11 bits per heavy atom. The first-order chi connectivity index (χ1) is 13.0. The Morgan fingerprint density at radius 3 is 2.82 bits per heavy atom. The number of fused-ring (bicyclic) bond motifs is 2. The van der Waals surface area contributed by atoms with Crippen LogP contribution in [0.3, 0.4) is 0 Å². The van der Waals surface area contributed by atoms with Crippen molar-refractivity contribution >= 4 is 30.1 Å². The van der Waals surface area contributed by atoms with E-state index in [4.69, 9.17) is 9.84 Å². The minimum absolute atomic E-state index is 0. The zero-order valence-corrected chi connectivity index (χ0v) is 17.5. The van der Waals surface area contributed by atoms with Gasteiger partial charge in [0.05, 0.1) is 13.5 Å². The molecule has 1 aliphatic heterocycles. The molecule has 28 heavy (non-hydrogen) atoms. The fourth-order valence-corrected chi connectivity index (χ4v) is 5.16. The number of benzene rings is 2. The third kappa shape index (κ3) is 3.56. The number of halogens is 1. The lowest BCUT2D eigenvalue weighted by molar-refractivity contribution is -0.136. The predicted octanol–water partition coefficient (Wildman–Crippen LogP) is 4.14. The number of likely N-dealkylation sites (N-methyl/N-ethyl adjacent to an activating group) is 1. The van der Waals surface area contributed by atoms with E-state index in [0.29, 0.717) is 17.5 Å². The Bertz CT molecular complexity index is 918. The van der Waals surface area contributed by atoms with E-state index >= 15 is 0 Å². The number of ether oxygens (including phenoxy) is 1. The summed E-state index contributed by atoms with van der Waals surface area (Å²) < 4.78 is 5.34. The van der Waals surface area contributed by atoms with E-state index < -0.39 is 5.97 Å². The molecule has 0 fully saturated rings. The number of carboxylic acid groups (broad SMARTS) is 1. The van der Waals surface area contributed by atoms with Gasteiger partial charge in [-0.2, -0.15) is 0 Å². The highest BCUT2D eigenvalue weighted by Gasteiger charge is 2.35. The number of thioether (sulfide) groups is 1. The molecule has 0 saturated carbocycles. The molecule has 0 bridgehead atoms. The van der Waals surface area contributed by atoms with E-state index in [2.05, 4.69) is 24.1 Å². The lowest BCUT2D eigenvalue weighted by atomic mass is 9.77. The number of aliphatic carboxylic acids is 1. The number of rotatable bonds is 5. The molecular formula is C21H24ClNO4S. The summed E-state index contributed by atoms with van der Waals surface area (Å²) in [4.78, 5) is 14.3. The van der Waals surface area contributed by atoms with Gasteiger partial charge >= 0.3 is 5.97 Å². The number of hydrogen-bond donors (Lipinski definition) is 2. The Morgan fingerprint density at radius 1 is 1.32 bits per heavy atom. The van der Waals surface area contributed by atoms with Crippen molar-refractivity contribution in [2.24, 2.45) is 0 Å². The van der Waals surface area contributed by atoms with Crippen LogP contribution in [0.25, 0.3) is 11.1 Å². The van der Waals surface area contributed by atoms with E-state index in [1.165, 1.54) is 11.1 Å².